The standard InChI is InChI=1S/C9H11F2NO3S/c1-6-2-7(13)4-8(3-6)16(14,15)12-5-9(10)11/h2-4,9,12-13H,5H2,1H3. The minimum absolute atomic E-state index is 0.225. The summed E-state index contributed by atoms with van der Waals surface area (Å²) in [6, 6.07) is 3.65. The molecule has 0 aliphatic heterocycles. The van der Waals surface area contributed by atoms with Crippen LogP contribution in [0.15, 0.2) is 23.1 Å². The van der Waals surface area contributed by atoms with Crippen LogP contribution in [0.1, 0.15) is 5.56 Å². The minimum atomic E-state index is -3.99. The SMILES string of the molecule is Cc1cc(O)cc(S(=O)(=O)NCC(F)F)c1. The van der Waals surface area contributed by atoms with E-state index in [0.717, 1.165) is 6.07 Å². The van der Waals surface area contributed by atoms with Crippen LogP contribution >= 0.6 is 0 Å². The summed E-state index contributed by atoms with van der Waals surface area (Å²) in [5, 5.41) is 9.19. The highest BCUT2D eigenvalue weighted by molar-refractivity contribution is 7.89. The number of halogens is 2. The van der Waals surface area contributed by atoms with Crippen LogP contribution in [-0.4, -0.2) is 26.5 Å². The van der Waals surface area contributed by atoms with E-state index in [4.69, 9.17) is 0 Å². The van der Waals surface area contributed by atoms with E-state index in [1.165, 1.54) is 12.1 Å². The quantitative estimate of drug-likeness (QED) is 0.846. The Hall–Kier alpha value is -1.21. The van der Waals surface area contributed by atoms with Gasteiger partial charge in [-0.3, -0.25) is 0 Å². The molecule has 0 fully saturated rings. The lowest BCUT2D eigenvalue weighted by atomic mass is 10.2. The van der Waals surface area contributed by atoms with Crippen molar-refractivity contribution in [2.45, 2.75) is 18.2 Å². The maximum atomic E-state index is 11.9. The normalized spacial score (nSPS) is 12.0. The lowest BCUT2D eigenvalue weighted by molar-refractivity contribution is 0.153. The minimum Gasteiger partial charge on any atom is -0.508 e. The molecule has 0 unspecified atom stereocenters. The molecular weight excluding hydrogens is 240 g/mol. The highest BCUT2D eigenvalue weighted by atomic mass is 32.2. The van der Waals surface area contributed by atoms with Crippen LogP contribution in [-0.2, 0) is 10.0 Å². The first kappa shape index (κ1) is 12.9. The van der Waals surface area contributed by atoms with Crippen molar-refractivity contribution in [3.63, 3.8) is 0 Å². The van der Waals surface area contributed by atoms with Crippen LogP contribution in [0.4, 0.5) is 8.78 Å². The number of nitrogens with one attached hydrogen (secondary N) is 1. The van der Waals surface area contributed by atoms with Crippen LogP contribution in [0.2, 0.25) is 0 Å². The summed E-state index contributed by atoms with van der Waals surface area (Å²) in [7, 11) is -3.99. The van der Waals surface area contributed by atoms with Crippen molar-refractivity contribution in [1.29, 1.82) is 0 Å². The molecule has 0 saturated carbocycles. The van der Waals surface area contributed by atoms with E-state index >= 15 is 0 Å². The number of hydrogen-bond acceptors (Lipinski definition) is 3. The van der Waals surface area contributed by atoms with Crippen LogP contribution < -0.4 is 4.72 Å². The molecule has 2 N–H and O–H groups in total. The van der Waals surface area contributed by atoms with Crippen molar-refractivity contribution in [3.05, 3.63) is 23.8 Å². The lowest BCUT2D eigenvalue weighted by Gasteiger charge is -2.07. The van der Waals surface area contributed by atoms with E-state index in [1.807, 2.05) is 0 Å². The molecule has 1 aromatic rings. The molecule has 7 heteroatoms. The Morgan fingerprint density at radius 2 is 2.00 bits per heavy atom. The van der Waals surface area contributed by atoms with Gasteiger partial charge < -0.3 is 5.11 Å². The summed E-state index contributed by atoms with van der Waals surface area (Å²) in [6.07, 6.45) is -2.76. The average molecular weight is 251 g/mol. The van der Waals surface area contributed by atoms with Gasteiger partial charge in [0, 0.05) is 0 Å². The molecule has 90 valence electrons. The Morgan fingerprint density at radius 3 is 2.50 bits per heavy atom. The number of hydrogen-bond donors (Lipinski definition) is 2. The first-order valence-electron chi connectivity index (χ1n) is 4.40. The fraction of sp³-hybridized carbons (Fsp3) is 0.333. The first-order valence-corrected chi connectivity index (χ1v) is 5.88. The fourth-order valence-electron chi connectivity index (χ4n) is 1.14. The van der Waals surface area contributed by atoms with Crippen molar-refractivity contribution in [3.8, 4) is 5.75 Å². The third kappa shape index (κ3) is 3.42. The van der Waals surface area contributed by atoms with Gasteiger partial charge in [-0.15, -0.1) is 0 Å². The Morgan fingerprint density at radius 1 is 1.38 bits per heavy atom. The van der Waals surface area contributed by atoms with Crippen molar-refractivity contribution in [2.24, 2.45) is 0 Å². The van der Waals surface area contributed by atoms with Gasteiger partial charge >= 0.3 is 0 Å². The van der Waals surface area contributed by atoms with Gasteiger partial charge in [-0.1, -0.05) is 0 Å². The zero-order valence-corrected chi connectivity index (χ0v) is 9.26. The Bertz CT molecular complexity index is 453. The van der Waals surface area contributed by atoms with Gasteiger partial charge in [-0.05, 0) is 30.7 Å². The van der Waals surface area contributed by atoms with Crippen LogP contribution in [0.3, 0.4) is 0 Å². The van der Waals surface area contributed by atoms with Crippen molar-refractivity contribution in [1.82, 2.24) is 4.72 Å². The molecular formula is C9H11F2NO3S. The summed E-state index contributed by atoms with van der Waals surface area (Å²) in [4.78, 5) is -0.231. The molecule has 0 bridgehead atoms. The molecule has 0 aliphatic rings. The average Bonchev–Trinajstić information content (AvgIpc) is 2.13. The second kappa shape index (κ2) is 4.75. The Kier molecular flexibility index (Phi) is 3.82. The maximum Gasteiger partial charge on any atom is 0.251 e. The van der Waals surface area contributed by atoms with Crippen molar-refractivity contribution < 1.29 is 22.3 Å². The Labute approximate surface area is 92.0 Å². The molecule has 0 radical (unpaired) electrons. The van der Waals surface area contributed by atoms with Gasteiger partial charge in [-0.2, -0.15) is 0 Å². The summed E-state index contributed by atoms with van der Waals surface area (Å²) in [6.45, 7) is 0.642. The summed E-state index contributed by atoms with van der Waals surface area (Å²) >= 11 is 0. The number of rotatable bonds is 4. The number of phenolic OH excluding ortho intramolecular Hbond substituents is 1. The first-order chi connectivity index (χ1) is 7.31. The molecule has 0 spiro atoms. The van der Waals surface area contributed by atoms with Gasteiger partial charge in [-0.25, -0.2) is 21.9 Å². The third-order valence-electron chi connectivity index (χ3n) is 1.77. The van der Waals surface area contributed by atoms with Crippen LogP contribution in [0.5, 0.6) is 5.75 Å². The van der Waals surface area contributed by atoms with Gasteiger partial charge in [0.2, 0.25) is 10.0 Å². The molecule has 4 nitrogen and oxygen atoms in total. The van der Waals surface area contributed by atoms with E-state index < -0.39 is 23.0 Å². The maximum absolute atomic E-state index is 11.9. The number of alkyl halides is 2. The van der Waals surface area contributed by atoms with Gasteiger partial charge in [0.1, 0.15) is 5.75 Å². The lowest BCUT2D eigenvalue weighted by Crippen LogP contribution is -2.28. The smallest absolute Gasteiger partial charge is 0.251 e. The van der Waals surface area contributed by atoms with Crippen molar-refractivity contribution in [2.75, 3.05) is 6.54 Å². The van der Waals surface area contributed by atoms with Crippen molar-refractivity contribution >= 4 is 10.0 Å². The summed E-state index contributed by atoms with van der Waals surface area (Å²) in [5.41, 5.74) is 0.525. The molecule has 0 saturated heterocycles. The fourth-order valence-corrected chi connectivity index (χ4v) is 2.27. The molecule has 0 heterocycles. The highest BCUT2D eigenvalue weighted by Gasteiger charge is 2.17. The largest absolute Gasteiger partial charge is 0.508 e. The molecule has 0 amide bonds. The molecule has 0 aromatic heterocycles. The topological polar surface area (TPSA) is 66.4 Å². The predicted molar refractivity (Wildman–Crippen MR) is 54.0 cm³/mol. The van der Waals surface area contributed by atoms with Gasteiger partial charge in [0.05, 0.1) is 11.4 Å². The number of sulfonamides is 1. The monoisotopic (exact) mass is 251 g/mol. The second-order valence-electron chi connectivity index (χ2n) is 3.25. The highest BCUT2D eigenvalue weighted by Crippen LogP contribution is 2.18. The number of aryl methyl sites for hydroxylation is 1. The summed E-state index contributed by atoms with van der Waals surface area (Å²) < 4.78 is 48.4. The van der Waals surface area contributed by atoms with Crippen LogP contribution in [0, 0.1) is 6.92 Å². The third-order valence-corrected chi connectivity index (χ3v) is 3.18. The number of aromatic hydroxyl groups is 1. The number of phenols is 1. The van der Waals surface area contributed by atoms with E-state index in [-0.39, 0.29) is 10.6 Å². The van der Waals surface area contributed by atoms with E-state index in [0.29, 0.717) is 5.56 Å². The van der Waals surface area contributed by atoms with E-state index in [2.05, 4.69) is 0 Å². The molecule has 0 aliphatic carbocycles. The number of benzene rings is 1. The van der Waals surface area contributed by atoms with E-state index in [1.54, 1.807) is 11.6 Å². The zero-order chi connectivity index (χ0) is 12.3. The predicted octanol–water partition coefficient (Wildman–Crippen LogP) is 1.24. The second-order valence-corrected chi connectivity index (χ2v) is 5.01. The van der Waals surface area contributed by atoms with Gasteiger partial charge in [0.15, 0.2) is 0 Å². The molecule has 1 rings (SSSR count). The van der Waals surface area contributed by atoms with Crippen LogP contribution in [0.25, 0.3) is 0 Å². The zero-order valence-electron chi connectivity index (χ0n) is 8.44. The van der Waals surface area contributed by atoms with Gasteiger partial charge in [0.25, 0.3) is 6.43 Å². The molecule has 1 aromatic carbocycles. The molecule has 0 atom stereocenters. The molecule has 16 heavy (non-hydrogen) atoms. The Balaban J connectivity index is 2.98. The van der Waals surface area contributed by atoms with E-state index in [9.17, 15) is 22.3 Å². The summed E-state index contributed by atoms with van der Waals surface area (Å²) in [5.74, 6) is -0.225.